The van der Waals surface area contributed by atoms with Crippen LogP contribution in [-0.2, 0) is 17.8 Å². The van der Waals surface area contributed by atoms with E-state index in [2.05, 4.69) is 25.7 Å². The molecular weight excluding hydrogens is 276 g/mol. The standard InChI is InChI=1S/C12H16N6O3/c1-2-18-6-9(5-15-18)16-12(21)17-10(11(19)20)3-8-4-13-7-14-8/h4-7,10H,2-3H2,1H3,(H,13,14)(H,19,20)(H2,16,17,21). The Bertz CT molecular complexity index is 606. The first-order valence-electron chi connectivity index (χ1n) is 6.38. The number of carboxylic acids is 1. The fourth-order valence-electron chi connectivity index (χ4n) is 1.74. The van der Waals surface area contributed by atoms with Gasteiger partial charge in [-0.1, -0.05) is 0 Å². The Balaban J connectivity index is 1.93. The molecule has 0 spiro atoms. The molecule has 112 valence electrons. The van der Waals surface area contributed by atoms with Gasteiger partial charge in [0.15, 0.2) is 0 Å². The molecule has 2 amide bonds. The smallest absolute Gasteiger partial charge is 0.326 e. The summed E-state index contributed by atoms with van der Waals surface area (Å²) in [7, 11) is 0. The summed E-state index contributed by atoms with van der Waals surface area (Å²) in [5, 5.41) is 18.1. The molecule has 0 saturated carbocycles. The summed E-state index contributed by atoms with van der Waals surface area (Å²) in [5.41, 5.74) is 1.13. The van der Waals surface area contributed by atoms with Gasteiger partial charge >= 0.3 is 12.0 Å². The van der Waals surface area contributed by atoms with Crippen molar-refractivity contribution in [2.75, 3.05) is 5.32 Å². The minimum atomic E-state index is -1.12. The predicted molar refractivity (Wildman–Crippen MR) is 73.8 cm³/mol. The first-order chi connectivity index (χ1) is 10.1. The summed E-state index contributed by atoms with van der Waals surface area (Å²) in [6.45, 7) is 2.60. The zero-order valence-electron chi connectivity index (χ0n) is 11.4. The summed E-state index contributed by atoms with van der Waals surface area (Å²) >= 11 is 0. The molecule has 0 radical (unpaired) electrons. The van der Waals surface area contributed by atoms with Crippen molar-refractivity contribution in [3.05, 3.63) is 30.6 Å². The van der Waals surface area contributed by atoms with Crippen molar-refractivity contribution in [3.63, 3.8) is 0 Å². The van der Waals surface area contributed by atoms with Gasteiger partial charge in [-0.3, -0.25) is 4.68 Å². The Morgan fingerprint density at radius 3 is 2.86 bits per heavy atom. The number of carboxylic acid groups (broad SMARTS) is 1. The molecular formula is C12H16N6O3. The van der Waals surface area contributed by atoms with Crippen LogP contribution in [0, 0.1) is 0 Å². The van der Waals surface area contributed by atoms with Crippen molar-refractivity contribution in [1.82, 2.24) is 25.1 Å². The van der Waals surface area contributed by atoms with Gasteiger partial charge in [0, 0.05) is 31.1 Å². The SMILES string of the molecule is CCn1cc(NC(=O)NC(Cc2cnc[nH]2)C(=O)O)cn1. The van der Waals surface area contributed by atoms with E-state index in [0.717, 1.165) is 0 Å². The van der Waals surface area contributed by atoms with E-state index in [1.54, 1.807) is 10.9 Å². The topological polar surface area (TPSA) is 125 Å². The van der Waals surface area contributed by atoms with Crippen molar-refractivity contribution in [1.29, 1.82) is 0 Å². The molecule has 2 aromatic rings. The Morgan fingerprint density at radius 1 is 1.48 bits per heavy atom. The van der Waals surface area contributed by atoms with Crippen molar-refractivity contribution in [2.45, 2.75) is 25.9 Å². The van der Waals surface area contributed by atoms with Gasteiger partial charge in [-0.15, -0.1) is 0 Å². The molecule has 2 heterocycles. The van der Waals surface area contributed by atoms with Crippen molar-refractivity contribution < 1.29 is 14.7 Å². The maximum atomic E-state index is 11.8. The van der Waals surface area contributed by atoms with E-state index in [1.165, 1.54) is 18.7 Å². The van der Waals surface area contributed by atoms with Gasteiger partial charge in [0.25, 0.3) is 0 Å². The number of urea groups is 1. The van der Waals surface area contributed by atoms with Crippen LogP contribution in [0.1, 0.15) is 12.6 Å². The van der Waals surface area contributed by atoms with Gasteiger partial charge in [0.05, 0.1) is 18.2 Å². The van der Waals surface area contributed by atoms with E-state index in [0.29, 0.717) is 17.9 Å². The first kappa shape index (κ1) is 14.6. The molecule has 9 nitrogen and oxygen atoms in total. The molecule has 2 rings (SSSR count). The van der Waals surface area contributed by atoms with Crippen LogP contribution in [0.25, 0.3) is 0 Å². The fraction of sp³-hybridized carbons (Fsp3) is 0.333. The molecule has 1 atom stereocenters. The Kier molecular flexibility index (Phi) is 4.54. The van der Waals surface area contributed by atoms with Gasteiger partial charge in [-0.25, -0.2) is 14.6 Å². The summed E-state index contributed by atoms with van der Waals surface area (Å²) in [6.07, 6.45) is 6.24. The molecule has 2 aromatic heterocycles. The number of anilines is 1. The first-order valence-corrected chi connectivity index (χ1v) is 6.38. The van der Waals surface area contributed by atoms with Crippen LogP contribution in [0.3, 0.4) is 0 Å². The van der Waals surface area contributed by atoms with E-state index >= 15 is 0 Å². The fourth-order valence-corrected chi connectivity index (χ4v) is 1.74. The van der Waals surface area contributed by atoms with Gasteiger partial charge in [-0.2, -0.15) is 5.10 Å². The number of aromatic nitrogens is 4. The highest BCUT2D eigenvalue weighted by Gasteiger charge is 2.21. The molecule has 0 fully saturated rings. The molecule has 4 N–H and O–H groups in total. The third-order valence-electron chi connectivity index (χ3n) is 2.80. The van der Waals surface area contributed by atoms with Crippen LogP contribution in [0.2, 0.25) is 0 Å². The number of H-pyrrole nitrogens is 1. The number of hydrogen-bond donors (Lipinski definition) is 4. The van der Waals surface area contributed by atoms with E-state index in [4.69, 9.17) is 5.11 Å². The lowest BCUT2D eigenvalue weighted by Gasteiger charge is -2.13. The summed E-state index contributed by atoms with van der Waals surface area (Å²) in [6, 6.07) is -1.65. The molecule has 0 aliphatic rings. The number of hydrogen-bond acceptors (Lipinski definition) is 4. The minimum Gasteiger partial charge on any atom is -0.480 e. The second-order valence-corrected chi connectivity index (χ2v) is 4.35. The summed E-state index contributed by atoms with van der Waals surface area (Å²) in [4.78, 5) is 29.6. The second kappa shape index (κ2) is 6.55. The monoisotopic (exact) mass is 292 g/mol. The lowest BCUT2D eigenvalue weighted by molar-refractivity contribution is -0.139. The van der Waals surface area contributed by atoms with Crippen molar-refractivity contribution in [2.24, 2.45) is 0 Å². The average molecular weight is 292 g/mol. The van der Waals surface area contributed by atoms with Crippen LogP contribution in [0.5, 0.6) is 0 Å². The second-order valence-electron chi connectivity index (χ2n) is 4.35. The van der Waals surface area contributed by atoms with Crippen LogP contribution in [0.4, 0.5) is 10.5 Å². The van der Waals surface area contributed by atoms with Crippen LogP contribution in [0.15, 0.2) is 24.9 Å². The quantitative estimate of drug-likeness (QED) is 0.615. The molecule has 0 aliphatic heterocycles. The summed E-state index contributed by atoms with van der Waals surface area (Å²) < 4.78 is 1.65. The molecule has 0 saturated heterocycles. The van der Waals surface area contributed by atoms with E-state index in [1.807, 2.05) is 6.92 Å². The molecule has 1 unspecified atom stereocenters. The average Bonchev–Trinajstić information content (AvgIpc) is 3.09. The van der Waals surface area contributed by atoms with Crippen molar-refractivity contribution >= 4 is 17.7 Å². The lowest BCUT2D eigenvalue weighted by Crippen LogP contribution is -2.44. The number of carbonyl (C=O) groups excluding carboxylic acids is 1. The molecule has 0 bridgehead atoms. The Labute approximate surface area is 120 Å². The van der Waals surface area contributed by atoms with Crippen LogP contribution in [-0.4, -0.2) is 42.9 Å². The normalized spacial score (nSPS) is 11.9. The zero-order valence-corrected chi connectivity index (χ0v) is 11.4. The predicted octanol–water partition coefficient (Wildman–Crippen LogP) is 0.443. The van der Waals surface area contributed by atoms with E-state index < -0.39 is 18.0 Å². The van der Waals surface area contributed by atoms with Gasteiger partial charge < -0.3 is 20.7 Å². The molecule has 21 heavy (non-hydrogen) atoms. The highest BCUT2D eigenvalue weighted by Crippen LogP contribution is 2.05. The summed E-state index contributed by atoms with van der Waals surface area (Å²) in [5.74, 6) is -1.12. The van der Waals surface area contributed by atoms with Crippen molar-refractivity contribution in [3.8, 4) is 0 Å². The highest BCUT2D eigenvalue weighted by molar-refractivity contribution is 5.92. The van der Waals surface area contributed by atoms with Gasteiger partial charge in [0.2, 0.25) is 0 Å². The zero-order chi connectivity index (χ0) is 15.2. The lowest BCUT2D eigenvalue weighted by atomic mass is 10.2. The Morgan fingerprint density at radius 2 is 2.29 bits per heavy atom. The largest absolute Gasteiger partial charge is 0.480 e. The number of nitrogens with one attached hydrogen (secondary N) is 3. The number of aliphatic carboxylic acids is 1. The van der Waals surface area contributed by atoms with Gasteiger partial charge in [-0.05, 0) is 6.92 Å². The maximum absolute atomic E-state index is 11.8. The number of aryl methyl sites for hydroxylation is 1. The number of nitrogens with zero attached hydrogens (tertiary/aromatic N) is 3. The highest BCUT2D eigenvalue weighted by atomic mass is 16.4. The number of aromatic amines is 1. The van der Waals surface area contributed by atoms with Crippen LogP contribution >= 0.6 is 0 Å². The number of rotatable bonds is 6. The van der Waals surface area contributed by atoms with E-state index in [9.17, 15) is 9.59 Å². The minimum absolute atomic E-state index is 0.122. The number of carbonyl (C=O) groups is 2. The van der Waals surface area contributed by atoms with Crippen LogP contribution < -0.4 is 10.6 Å². The number of amides is 2. The molecule has 9 heteroatoms. The number of imidazole rings is 1. The molecule has 0 aromatic carbocycles. The molecule has 0 aliphatic carbocycles. The van der Waals surface area contributed by atoms with Gasteiger partial charge in [0.1, 0.15) is 6.04 Å². The maximum Gasteiger partial charge on any atom is 0.326 e. The third-order valence-corrected chi connectivity index (χ3v) is 2.80. The third kappa shape index (κ3) is 4.06. The Hall–Kier alpha value is -2.84. The van der Waals surface area contributed by atoms with E-state index in [-0.39, 0.29) is 6.42 Å².